The van der Waals surface area contributed by atoms with Gasteiger partial charge in [-0.2, -0.15) is 15.0 Å². The molecule has 0 aliphatic heterocycles. The molecule has 0 N–H and O–H groups in total. The van der Waals surface area contributed by atoms with E-state index in [-0.39, 0.29) is 5.28 Å². The zero-order valence-electron chi connectivity index (χ0n) is 10.6. The minimum absolute atomic E-state index is 0.245. The molecule has 2 aromatic rings. The second kappa shape index (κ2) is 5.63. The molecule has 0 aliphatic carbocycles. The van der Waals surface area contributed by atoms with Crippen LogP contribution in [0, 0.1) is 6.92 Å². The molecule has 2 aromatic heterocycles. The third-order valence-electron chi connectivity index (χ3n) is 2.71. The molecule has 0 atom stereocenters. The zero-order chi connectivity index (χ0) is 13.1. The van der Waals surface area contributed by atoms with E-state index < -0.39 is 0 Å². The second-order valence-corrected chi connectivity index (χ2v) is 5.09. The molecule has 0 saturated heterocycles. The first kappa shape index (κ1) is 13.2. The van der Waals surface area contributed by atoms with Crippen LogP contribution in [-0.4, -0.2) is 28.0 Å². The van der Waals surface area contributed by atoms with Crippen LogP contribution in [0.1, 0.15) is 19.4 Å². The molecule has 4 nitrogen and oxygen atoms in total. The number of hydrogen-bond donors (Lipinski definition) is 0. The predicted octanol–water partition coefficient (Wildman–Crippen LogP) is 3.41. The van der Waals surface area contributed by atoms with Gasteiger partial charge in [-0.25, -0.2) is 0 Å². The van der Waals surface area contributed by atoms with Crippen LogP contribution >= 0.6 is 22.9 Å². The molecule has 0 aliphatic rings. The summed E-state index contributed by atoms with van der Waals surface area (Å²) in [5.41, 5.74) is 1.16. The summed E-state index contributed by atoms with van der Waals surface area (Å²) < 4.78 is 0. The molecule has 0 aromatic carbocycles. The number of nitrogens with zero attached hydrogens (tertiary/aromatic N) is 4. The summed E-state index contributed by atoms with van der Waals surface area (Å²) in [6.07, 6.45) is 0. The molecule has 0 amide bonds. The van der Waals surface area contributed by atoms with E-state index in [1.165, 1.54) is 0 Å². The van der Waals surface area contributed by atoms with Crippen molar-refractivity contribution in [1.82, 2.24) is 15.0 Å². The maximum absolute atomic E-state index is 5.99. The number of thiophene rings is 1. The number of halogens is 1. The van der Waals surface area contributed by atoms with Crippen LogP contribution in [0.15, 0.2) is 11.4 Å². The van der Waals surface area contributed by atoms with E-state index in [0.717, 1.165) is 23.5 Å². The van der Waals surface area contributed by atoms with Gasteiger partial charge in [0.2, 0.25) is 11.2 Å². The molecule has 0 bridgehead atoms. The average Bonchev–Trinajstić information content (AvgIpc) is 2.76. The molecule has 0 saturated carbocycles. The summed E-state index contributed by atoms with van der Waals surface area (Å²) in [6.45, 7) is 7.87. The Morgan fingerprint density at radius 1 is 1.22 bits per heavy atom. The largest absolute Gasteiger partial charge is 0.341 e. The third-order valence-corrected chi connectivity index (χ3v) is 3.89. The Morgan fingerprint density at radius 3 is 2.50 bits per heavy atom. The van der Waals surface area contributed by atoms with E-state index in [4.69, 9.17) is 11.6 Å². The zero-order valence-corrected chi connectivity index (χ0v) is 12.2. The van der Waals surface area contributed by atoms with Gasteiger partial charge >= 0.3 is 0 Å². The molecule has 0 radical (unpaired) electrons. The van der Waals surface area contributed by atoms with Crippen molar-refractivity contribution in [3.8, 4) is 10.7 Å². The SMILES string of the molecule is CCN(CC)c1nc(Cl)nc(-c2sccc2C)n1. The number of hydrogen-bond acceptors (Lipinski definition) is 5. The first-order valence-electron chi connectivity index (χ1n) is 5.86. The van der Waals surface area contributed by atoms with Crippen LogP contribution in [-0.2, 0) is 0 Å². The van der Waals surface area contributed by atoms with Gasteiger partial charge in [0.1, 0.15) is 0 Å². The minimum Gasteiger partial charge on any atom is -0.341 e. The van der Waals surface area contributed by atoms with Crippen molar-refractivity contribution in [3.63, 3.8) is 0 Å². The van der Waals surface area contributed by atoms with Gasteiger partial charge in [0.15, 0.2) is 5.82 Å². The van der Waals surface area contributed by atoms with Crippen molar-refractivity contribution in [2.24, 2.45) is 0 Å². The van der Waals surface area contributed by atoms with E-state index >= 15 is 0 Å². The highest BCUT2D eigenvalue weighted by Crippen LogP contribution is 2.27. The van der Waals surface area contributed by atoms with Crippen LogP contribution in [0.5, 0.6) is 0 Å². The van der Waals surface area contributed by atoms with Crippen LogP contribution < -0.4 is 4.90 Å². The maximum Gasteiger partial charge on any atom is 0.230 e. The first-order valence-corrected chi connectivity index (χ1v) is 7.12. The fourth-order valence-corrected chi connectivity index (χ4v) is 2.71. The summed E-state index contributed by atoms with van der Waals surface area (Å²) in [7, 11) is 0. The van der Waals surface area contributed by atoms with E-state index in [2.05, 4.69) is 39.8 Å². The Balaban J connectivity index is 2.47. The maximum atomic E-state index is 5.99. The number of aromatic nitrogens is 3. The summed E-state index contributed by atoms with van der Waals surface area (Å²) in [6, 6.07) is 2.05. The monoisotopic (exact) mass is 282 g/mol. The number of anilines is 1. The topological polar surface area (TPSA) is 41.9 Å². The molecule has 0 spiro atoms. The molecule has 18 heavy (non-hydrogen) atoms. The van der Waals surface area contributed by atoms with Crippen molar-refractivity contribution in [2.75, 3.05) is 18.0 Å². The Morgan fingerprint density at radius 2 is 1.94 bits per heavy atom. The normalized spacial score (nSPS) is 10.7. The Kier molecular flexibility index (Phi) is 4.14. The lowest BCUT2D eigenvalue weighted by Gasteiger charge is -2.18. The minimum atomic E-state index is 0.245. The van der Waals surface area contributed by atoms with Gasteiger partial charge in [-0.1, -0.05) is 0 Å². The van der Waals surface area contributed by atoms with E-state index in [0.29, 0.717) is 11.8 Å². The van der Waals surface area contributed by atoms with Crippen LogP contribution in [0.3, 0.4) is 0 Å². The lowest BCUT2D eigenvalue weighted by atomic mass is 10.3. The van der Waals surface area contributed by atoms with Crippen LogP contribution in [0.2, 0.25) is 5.28 Å². The quantitative estimate of drug-likeness (QED) is 0.862. The summed E-state index contributed by atoms with van der Waals surface area (Å²) >= 11 is 7.61. The van der Waals surface area contributed by atoms with E-state index in [1.807, 2.05) is 12.3 Å². The molecular formula is C12H15ClN4S. The van der Waals surface area contributed by atoms with E-state index in [1.54, 1.807) is 11.3 Å². The molecule has 2 heterocycles. The van der Waals surface area contributed by atoms with Gasteiger partial charge in [0.25, 0.3) is 0 Å². The highest BCUT2D eigenvalue weighted by molar-refractivity contribution is 7.13. The predicted molar refractivity (Wildman–Crippen MR) is 76.4 cm³/mol. The number of aryl methyl sites for hydroxylation is 1. The lowest BCUT2D eigenvalue weighted by Crippen LogP contribution is -2.24. The highest BCUT2D eigenvalue weighted by atomic mass is 35.5. The van der Waals surface area contributed by atoms with Gasteiger partial charge in [-0.05, 0) is 49.4 Å². The Hall–Kier alpha value is -1.20. The fourth-order valence-electron chi connectivity index (χ4n) is 1.69. The van der Waals surface area contributed by atoms with Crippen molar-refractivity contribution in [1.29, 1.82) is 0 Å². The Bertz CT molecular complexity index is 537. The fraction of sp³-hybridized carbons (Fsp3) is 0.417. The van der Waals surface area contributed by atoms with Crippen molar-refractivity contribution < 1.29 is 0 Å². The molecular weight excluding hydrogens is 268 g/mol. The van der Waals surface area contributed by atoms with Gasteiger partial charge in [-0.3, -0.25) is 0 Å². The Labute approximate surface area is 116 Å². The van der Waals surface area contributed by atoms with Crippen LogP contribution in [0.25, 0.3) is 10.7 Å². The number of rotatable bonds is 4. The van der Waals surface area contributed by atoms with Gasteiger partial charge < -0.3 is 4.90 Å². The highest BCUT2D eigenvalue weighted by Gasteiger charge is 2.13. The van der Waals surface area contributed by atoms with Gasteiger partial charge in [0.05, 0.1) is 4.88 Å². The molecule has 96 valence electrons. The smallest absolute Gasteiger partial charge is 0.230 e. The summed E-state index contributed by atoms with van der Waals surface area (Å²) in [4.78, 5) is 16.0. The molecule has 0 fully saturated rings. The van der Waals surface area contributed by atoms with Crippen molar-refractivity contribution >= 4 is 28.9 Å². The molecule has 6 heteroatoms. The molecule has 0 unspecified atom stereocenters. The average molecular weight is 283 g/mol. The van der Waals surface area contributed by atoms with Crippen molar-refractivity contribution in [2.45, 2.75) is 20.8 Å². The lowest BCUT2D eigenvalue weighted by molar-refractivity contribution is 0.814. The second-order valence-electron chi connectivity index (χ2n) is 3.83. The van der Waals surface area contributed by atoms with Crippen molar-refractivity contribution in [3.05, 3.63) is 22.3 Å². The van der Waals surface area contributed by atoms with Gasteiger partial charge in [0, 0.05) is 13.1 Å². The van der Waals surface area contributed by atoms with Gasteiger partial charge in [-0.15, -0.1) is 11.3 Å². The van der Waals surface area contributed by atoms with Crippen LogP contribution in [0.4, 0.5) is 5.95 Å². The summed E-state index contributed by atoms with van der Waals surface area (Å²) in [5, 5.41) is 2.27. The first-order chi connectivity index (χ1) is 8.65. The van der Waals surface area contributed by atoms with E-state index in [9.17, 15) is 0 Å². The third kappa shape index (κ3) is 2.62. The molecule has 2 rings (SSSR count). The standard InChI is InChI=1S/C12H15ClN4S/c1-4-17(5-2)12-15-10(14-11(13)16-12)9-8(3)6-7-18-9/h6-7H,4-5H2,1-3H3. The summed E-state index contributed by atoms with van der Waals surface area (Å²) in [5.74, 6) is 1.30.